The summed E-state index contributed by atoms with van der Waals surface area (Å²) in [6, 6.07) is 4.23. The summed E-state index contributed by atoms with van der Waals surface area (Å²) >= 11 is 9.46. The van der Waals surface area contributed by atoms with E-state index in [0.29, 0.717) is 9.92 Å². The van der Waals surface area contributed by atoms with E-state index in [4.69, 9.17) is 11.6 Å². The number of hydrogen-bond acceptors (Lipinski definition) is 2. The van der Waals surface area contributed by atoms with E-state index in [9.17, 15) is 8.78 Å². The van der Waals surface area contributed by atoms with E-state index < -0.39 is 6.61 Å². The Morgan fingerprint density at radius 3 is 2.58 bits per heavy atom. The minimum Gasteiger partial charge on any atom is -0.434 e. The molecule has 66 valence electrons. The lowest BCUT2D eigenvalue weighted by Crippen LogP contribution is -2.02. The Kier molecular flexibility index (Phi) is 3.17. The third kappa shape index (κ3) is 2.53. The van der Waals surface area contributed by atoms with E-state index in [1.54, 1.807) is 0 Å². The minimum absolute atomic E-state index is 0.0257. The van der Waals surface area contributed by atoms with Gasteiger partial charge in [0, 0.05) is 9.92 Å². The Morgan fingerprint density at radius 2 is 2.08 bits per heavy atom. The second-order valence-corrected chi connectivity index (χ2v) is 2.91. The number of rotatable bonds is 2. The van der Waals surface area contributed by atoms with Crippen LogP contribution in [0.25, 0.3) is 0 Å². The van der Waals surface area contributed by atoms with Gasteiger partial charge in [0.25, 0.3) is 0 Å². The van der Waals surface area contributed by atoms with Crippen LogP contribution in [0.15, 0.2) is 23.1 Å². The number of thiol groups is 1. The Balaban J connectivity index is 2.86. The van der Waals surface area contributed by atoms with Crippen LogP contribution in [0.1, 0.15) is 0 Å². The maximum atomic E-state index is 11.7. The van der Waals surface area contributed by atoms with Crippen LogP contribution in [0.4, 0.5) is 8.78 Å². The number of halogens is 3. The van der Waals surface area contributed by atoms with Gasteiger partial charge in [0.2, 0.25) is 0 Å². The van der Waals surface area contributed by atoms with Gasteiger partial charge in [0.05, 0.1) is 0 Å². The van der Waals surface area contributed by atoms with Crippen LogP contribution in [0.5, 0.6) is 5.75 Å². The summed E-state index contributed by atoms with van der Waals surface area (Å²) in [6.45, 7) is -2.84. The van der Waals surface area contributed by atoms with Crippen molar-refractivity contribution < 1.29 is 13.5 Å². The zero-order valence-corrected chi connectivity index (χ0v) is 7.45. The van der Waals surface area contributed by atoms with E-state index >= 15 is 0 Å². The molecule has 0 fully saturated rings. The fourth-order valence-corrected chi connectivity index (χ4v) is 1.20. The van der Waals surface area contributed by atoms with E-state index in [0.717, 1.165) is 0 Å². The van der Waals surface area contributed by atoms with E-state index in [-0.39, 0.29) is 5.75 Å². The molecule has 0 aliphatic carbocycles. The Labute approximate surface area is 78.7 Å². The van der Waals surface area contributed by atoms with Crippen LogP contribution in [0.2, 0.25) is 5.02 Å². The molecule has 0 saturated heterocycles. The normalized spacial score (nSPS) is 10.4. The molecule has 0 N–H and O–H groups in total. The number of benzene rings is 1. The van der Waals surface area contributed by atoms with Crippen molar-refractivity contribution in [2.24, 2.45) is 0 Å². The Morgan fingerprint density at radius 1 is 1.42 bits per heavy atom. The third-order valence-corrected chi connectivity index (χ3v) is 1.72. The molecule has 0 amide bonds. The van der Waals surface area contributed by atoms with Crippen molar-refractivity contribution in [3.8, 4) is 5.75 Å². The topological polar surface area (TPSA) is 9.23 Å². The maximum absolute atomic E-state index is 11.7. The van der Waals surface area contributed by atoms with Crippen LogP contribution in [-0.2, 0) is 0 Å². The molecule has 0 bridgehead atoms. The molecular weight excluding hydrogens is 206 g/mol. The second-order valence-electron chi connectivity index (χ2n) is 1.99. The number of alkyl halides is 2. The fraction of sp³-hybridized carbons (Fsp3) is 0.143. The highest BCUT2D eigenvalue weighted by atomic mass is 35.5. The van der Waals surface area contributed by atoms with Gasteiger partial charge in [0.1, 0.15) is 5.75 Å². The molecule has 0 radical (unpaired) electrons. The molecule has 1 nitrogen and oxygen atoms in total. The van der Waals surface area contributed by atoms with Crippen LogP contribution < -0.4 is 4.74 Å². The van der Waals surface area contributed by atoms with Crippen LogP contribution >= 0.6 is 24.2 Å². The molecule has 1 aromatic rings. The monoisotopic (exact) mass is 210 g/mol. The summed E-state index contributed by atoms with van der Waals surface area (Å²) in [7, 11) is 0. The highest BCUT2D eigenvalue weighted by Gasteiger charge is 2.07. The molecule has 0 heterocycles. The molecule has 12 heavy (non-hydrogen) atoms. The van der Waals surface area contributed by atoms with Gasteiger partial charge >= 0.3 is 6.61 Å². The zero-order valence-electron chi connectivity index (χ0n) is 5.80. The van der Waals surface area contributed by atoms with Crippen molar-refractivity contribution in [1.29, 1.82) is 0 Å². The van der Waals surface area contributed by atoms with Gasteiger partial charge in [0.15, 0.2) is 0 Å². The molecule has 0 atom stereocenters. The average Bonchev–Trinajstić information content (AvgIpc) is 1.94. The summed E-state index contributed by atoms with van der Waals surface area (Å²) in [5.74, 6) is 0.0257. The van der Waals surface area contributed by atoms with Crippen molar-refractivity contribution in [3.63, 3.8) is 0 Å². The Hall–Kier alpha value is -0.480. The standard InChI is InChI=1S/C7H5ClF2OS/c8-4-1-2-5(6(12)3-4)11-7(9)10/h1-3,7,12H. The minimum atomic E-state index is -2.84. The molecule has 0 spiro atoms. The molecule has 0 aromatic heterocycles. The fourth-order valence-electron chi connectivity index (χ4n) is 0.686. The van der Waals surface area contributed by atoms with Crippen molar-refractivity contribution in [2.75, 3.05) is 0 Å². The van der Waals surface area contributed by atoms with Crippen molar-refractivity contribution in [1.82, 2.24) is 0 Å². The molecule has 1 aromatic carbocycles. The summed E-state index contributed by atoms with van der Waals surface area (Å²) < 4.78 is 27.6. The predicted octanol–water partition coefficient (Wildman–Crippen LogP) is 3.23. The summed E-state index contributed by atoms with van der Waals surface area (Å²) in [6.07, 6.45) is 0. The lowest BCUT2D eigenvalue weighted by Gasteiger charge is -2.06. The molecule has 5 heteroatoms. The SMILES string of the molecule is FC(F)Oc1ccc(Cl)cc1S. The quantitative estimate of drug-likeness (QED) is 0.738. The van der Waals surface area contributed by atoms with Gasteiger partial charge in [-0.05, 0) is 18.2 Å². The summed E-state index contributed by atoms with van der Waals surface area (Å²) in [4.78, 5) is 0.294. The number of ether oxygens (including phenoxy) is 1. The molecule has 0 saturated carbocycles. The van der Waals surface area contributed by atoms with Crippen molar-refractivity contribution >= 4 is 24.2 Å². The smallest absolute Gasteiger partial charge is 0.387 e. The molecule has 1 rings (SSSR count). The van der Waals surface area contributed by atoms with Gasteiger partial charge in [-0.15, -0.1) is 12.6 Å². The van der Waals surface area contributed by atoms with E-state index in [2.05, 4.69) is 17.4 Å². The first-order chi connectivity index (χ1) is 5.59. The second kappa shape index (κ2) is 3.96. The zero-order chi connectivity index (χ0) is 9.14. The van der Waals surface area contributed by atoms with Gasteiger partial charge in [-0.25, -0.2) is 0 Å². The molecule has 0 aliphatic rings. The third-order valence-electron chi connectivity index (χ3n) is 1.14. The Bertz CT molecular complexity index is 280. The van der Waals surface area contributed by atoms with Crippen LogP contribution in [0.3, 0.4) is 0 Å². The number of hydrogen-bond donors (Lipinski definition) is 1. The van der Waals surface area contributed by atoms with E-state index in [1.807, 2.05) is 0 Å². The maximum Gasteiger partial charge on any atom is 0.387 e. The first-order valence-electron chi connectivity index (χ1n) is 3.03. The average molecular weight is 211 g/mol. The lowest BCUT2D eigenvalue weighted by atomic mass is 10.3. The highest BCUT2D eigenvalue weighted by molar-refractivity contribution is 7.80. The largest absolute Gasteiger partial charge is 0.434 e. The molecule has 0 aliphatic heterocycles. The summed E-state index contributed by atoms with van der Waals surface area (Å²) in [5, 5.41) is 0.432. The lowest BCUT2D eigenvalue weighted by molar-refractivity contribution is -0.0516. The van der Waals surface area contributed by atoms with E-state index in [1.165, 1.54) is 18.2 Å². The van der Waals surface area contributed by atoms with Crippen LogP contribution in [0, 0.1) is 0 Å². The highest BCUT2D eigenvalue weighted by Crippen LogP contribution is 2.26. The van der Waals surface area contributed by atoms with Crippen molar-refractivity contribution in [3.05, 3.63) is 23.2 Å². The van der Waals surface area contributed by atoms with Gasteiger partial charge in [-0.3, -0.25) is 0 Å². The first-order valence-corrected chi connectivity index (χ1v) is 3.85. The molecule has 0 unspecified atom stereocenters. The first kappa shape index (κ1) is 9.61. The van der Waals surface area contributed by atoms with Crippen molar-refractivity contribution in [2.45, 2.75) is 11.5 Å². The van der Waals surface area contributed by atoms with Crippen LogP contribution in [-0.4, -0.2) is 6.61 Å². The molecular formula is C7H5ClF2OS. The summed E-state index contributed by atoms with van der Waals surface area (Å²) in [5.41, 5.74) is 0. The van der Waals surface area contributed by atoms with Gasteiger partial charge in [-0.1, -0.05) is 11.6 Å². The van der Waals surface area contributed by atoms with Gasteiger partial charge in [-0.2, -0.15) is 8.78 Å². The van der Waals surface area contributed by atoms with Gasteiger partial charge < -0.3 is 4.74 Å². The predicted molar refractivity (Wildman–Crippen MR) is 45.3 cm³/mol.